The van der Waals surface area contributed by atoms with Crippen LogP contribution in [0.3, 0.4) is 0 Å². The van der Waals surface area contributed by atoms with Gasteiger partial charge in [0.2, 0.25) is 5.91 Å². The Balaban J connectivity index is 1.49. The van der Waals surface area contributed by atoms with Crippen LogP contribution in [-0.4, -0.2) is 29.9 Å². The van der Waals surface area contributed by atoms with Gasteiger partial charge in [0.05, 0.1) is 17.7 Å². The van der Waals surface area contributed by atoms with Crippen molar-refractivity contribution < 1.29 is 14.3 Å². The molecule has 0 fully saturated rings. The molecule has 0 radical (unpaired) electrons. The predicted octanol–water partition coefficient (Wildman–Crippen LogP) is 2.15. The summed E-state index contributed by atoms with van der Waals surface area (Å²) in [6.07, 6.45) is 1.22. The molecule has 0 saturated heterocycles. The Morgan fingerprint density at radius 2 is 2.30 bits per heavy atom. The van der Waals surface area contributed by atoms with E-state index >= 15 is 0 Å². The van der Waals surface area contributed by atoms with Crippen molar-refractivity contribution >= 4 is 28.8 Å². The van der Waals surface area contributed by atoms with E-state index in [9.17, 15) is 9.59 Å². The molecule has 2 aromatic rings. The third kappa shape index (κ3) is 3.68. The number of anilines is 1. The van der Waals surface area contributed by atoms with E-state index in [1.54, 1.807) is 5.51 Å². The number of carbonyl (C=O) groups is 2. The van der Waals surface area contributed by atoms with E-state index in [4.69, 9.17) is 4.74 Å². The zero-order valence-corrected chi connectivity index (χ0v) is 13.5. The number of fused-ring (bicyclic) bond motifs is 1. The minimum absolute atomic E-state index is 0.0484. The first-order valence-corrected chi connectivity index (χ1v) is 8.25. The van der Waals surface area contributed by atoms with Crippen molar-refractivity contribution in [2.24, 2.45) is 0 Å². The number of benzene rings is 1. The number of nitrogens with one attached hydrogen (secondary N) is 2. The number of amides is 2. The Kier molecular flexibility index (Phi) is 4.57. The van der Waals surface area contributed by atoms with Crippen LogP contribution in [0.4, 0.5) is 5.69 Å². The highest BCUT2D eigenvalue weighted by atomic mass is 32.1. The highest BCUT2D eigenvalue weighted by Crippen LogP contribution is 2.26. The van der Waals surface area contributed by atoms with Gasteiger partial charge in [-0.1, -0.05) is 0 Å². The third-order valence-electron chi connectivity index (χ3n) is 3.58. The van der Waals surface area contributed by atoms with Crippen molar-refractivity contribution in [1.29, 1.82) is 0 Å². The molecule has 2 N–H and O–H groups in total. The lowest BCUT2D eigenvalue weighted by atomic mass is 10.0. The maximum Gasteiger partial charge on any atom is 0.263 e. The first-order valence-electron chi connectivity index (χ1n) is 7.37. The molecule has 7 heteroatoms. The van der Waals surface area contributed by atoms with Gasteiger partial charge in [-0.3, -0.25) is 9.59 Å². The van der Waals surface area contributed by atoms with Crippen LogP contribution in [0.25, 0.3) is 0 Å². The fourth-order valence-corrected chi connectivity index (χ4v) is 3.10. The van der Waals surface area contributed by atoms with Gasteiger partial charge in [0.15, 0.2) is 0 Å². The largest absolute Gasteiger partial charge is 0.492 e. The Morgan fingerprint density at radius 3 is 3.09 bits per heavy atom. The van der Waals surface area contributed by atoms with Crippen molar-refractivity contribution in [3.63, 3.8) is 0 Å². The van der Waals surface area contributed by atoms with Gasteiger partial charge in [0.1, 0.15) is 17.2 Å². The van der Waals surface area contributed by atoms with Crippen LogP contribution >= 0.6 is 11.3 Å². The first-order chi connectivity index (χ1) is 11.1. The molecule has 0 unspecified atom stereocenters. The van der Waals surface area contributed by atoms with Crippen LogP contribution in [0.1, 0.15) is 27.3 Å². The van der Waals surface area contributed by atoms with Crippen molar-refractivity contribution in [3.05, 3.63) is 39.8 Å². The van der Waals surface area contributed by atoms with Crippen molar-refractivity contribution in [1.82, 2.24) is 10.3 Å². The zero-order chi connectivity index (χ0) is 16.2. The monoisotopic (exact) mass is 331 g/mol. The van der Waals surface area contributed by atoms with Crippen LogP contribution in [0.5, 0.6) is 5.75 Å². The van der Waals surface area contributed by atoms with E-state index in [0.29, 0.717) is 24.4 Å². The number of ether oxygens (including phenoxy) is 1. The second-order valence-electron chi connectivity index (χ2n) is 5.24. The Hall–Kier alpha value is -2.41. The number of nitrogens with zero attached hydrogens (tertiary/aromatic N) is 1. The zero-order valence-electron chi connectivity index (χ0n) is 12.7. The Labute approximate surface area is 137 Å². The quantitative estimate of drug-likeness (QED) is 0.823. The van der Waals surface area contributed by atoms with Crippen LogP contribution in [0.2, 0.25) is 0 Å². The SMILES string of the molecule is Cc1ncsc1C(=O)NCCOc1ccc2c(c1)CCC(=O)N2. The van der Waals surface area contributed by atoms with Gasteiger partial charge in [-0.25, -0.2) is 4.98 Å². The first kappa shape index (κ1) is 15.5. The predicted molar refractivity (Wildman–Crippen MR) is 88.1 cm³/mol. The van der Waals surface area contributed by atoms with Crippen molar-refractivity contribution in [2.45, 2.75) is 19.8 Å². The van der Waals surface area contributed by atoms with E-state index in [-0.39, 0.29) is 11.8 Å². The summed E-state index contributed by atoms with van der Waals surface area (Å²) in [6, 6.07) is 5.60. The number of hydrogen-bond acceptors (Lipinski definition) is 5. The average Bonchev–Trinajstić information content (AvgIpc) is 2.97. The van der Waals surface area contributed by atoms with E-state index < -0.39 is 0 Å². The molecular weight excluding hydrogens is 314 g/mol. The molecule has 1 aliphatic heterocycles. The van der Waals surface area contributed by atoms with Crippen molar-refractivity contribution in [2.75, 3.05) is 18.5 Å². The summed E-state index contributed by atoms with van der Waals surface area (Å²) in [5, 5.41) is 5.65. The molecule has 0 bridgehead atoms. The van der Waals surface area contributed by atoms with E-state index in [2.05, 4.69) is 15.6 Å². The maximum absolute atomic E-state index is 11.9. The van der Waals surface area contributed by atoms with Gasteiger partial charge in [0, 0.05) is 12.1 Å². The van der Waals surface area contributed by atoms with Gasteiger partial charge >= 0.3 is 0 Å². The fraction of sp³-hybridized carbons (Fsp3) is 0.312. The molecular formula is C16H17N3O3S. The number of aromatic nitrogens is 1. The number of rotatable bonds is 5. The lowest BCUT2D eigenvalue weighted by Gasteiger charge is -2.17. The van der Waals surface area contributed by atoms with Gasteiger partial charge in [-0.15, -0.1) is 11.3 Å². The molecule has 1 aromatic heterocycles. The van der Waals surface area contributed by atoms with E-state index in [1.807, 2.05) is 25.1 Å². The summed E-state index contributed by atoms with van der Waals surface area (Å²) in [4.78, 5) is 27.9. The van der Waals surface area contributed by atoms with Crippen molar-refractivity contribution in [3.8, 4) is 5.75 Å². The number of aryl methyl sites for hydroxylation is 2. The summed E-state index contributed by atoms with van der Waals surface area (Å²) in [7, 11) is 0. The third-order valence-corrected chi connectivity index (χ3v) is 4.51. The second-order valence-corrected chi connectivity index (χ2v) is 6.09. The fourth-order valence-electron chi connectivity index (χ4n) is 2.38. The maximum atomic E-state index is 11.9. The molecule has 1 aromatic carbocycles. The minimum atomic E-state index is -0.123. The molecule has 0 spiro atoms. The summed E-state index contributed by atoms with van der Waals surface area (Å²) < 4.78 is 5.66. The molecule has 0 saturated carbocycles. The second kappa shape index (κ2) is 6.78. The van der Waals surface area contributed by atoms with Crippen LogP contribution < -0.4 is 15.4 Å². The highest BCUT2D eigenvalue weighted by molar-refractivity contribution is 7.11. The molecule has 120 valence electrons. The molecule has 23 heavy (non-hydrogen) atoms. The number of hydrogen-bond donors (Lipinski definition) is 2. The van der Waals surface area contributed by atoms with Gasteiger partial charge < -0.3 is 15.4 Å². The summed E-state index contributed by atoms with van der Waals surface area (Å²) >= 11 is 1.33. The molecule has 6 nitrogen and oxygen atoms in total. The van der Waals surface area contributed by atoms with Crippen LogP contribution in [0.15, 0.2) is 23.7 Å². The summed E-state index contributed by atoms with van der Waals surface area (Å²) in [5.41, 5.74) is 4.33. The highest BCUT2D eigenvalue weighted by Gasteiger charge is 2.15. The lowest BCUT2D eigenvalue weighted by Crippen LogP contribution is -2.28. The average molecular weight is 331 g/mol. The topological polar surface area (TPSA) is 80.3 Å². The molecule has 2 amide bonds. The molecule has 1 aliphatic rings. The van der Waals surface area contributed by atoms with Crippen LogP contribution in [-0.2, 0) is 11.2 Å². The van der Waals surface area contributed by atoms with Gasteiger partial charge in [0.25, 0.3) is 5.91 Å². The Morgan fingerprint density at radius 1 is 1.43 bits per heavy atom. The summed E-state index contributed by atoms with van der Waals surface area (Å²) in [6.45, 7) is 2.62. The smallest absolute Gasteiger partial charge is 0.263 e. The normalized spacial score (nSPS) is 13.2. The Bertz CT molecular complexity index is 742. The minimum Gasteiger partial charge on any atom is -0.492 e. The molecule has 2 heterocycles. The van der Waals surface area contributed by atoms with Gasteiger partial charge in [-0.2, -0.15) is 0 Å². The number of thiazole rings is 1. The van der Waals surface area contributed by atoms with E-state index in [0.717, 1.165) is 29.1 Å². The molecule has 0 aliphatic carbocycles. The van der Waals surface area contributed by atoms with E-state index in [1.165, 1.54) is 11.3 Å². The molecule has 3 rings (SSSR count). The molecule has 0 atom stereocenters. The number of carbonyl (C=O) groups excluding carboxylic acids is 2. The summed E-state index contributed by atoms with van der Waals surface area (Å²) in [5.74, 6) is 0.664. The standard InChI is InChI=1S/C16H17N3O3S/c1-10-15(23-9-18-10)16(21)17-6-7-22-12-3-4-13-11(8-12)2-5-14(20)19-13/h3-4,8-9H,2,5-7H2,1H3,(H,17,21)(H,19,20). The van der Waals surface area contributed by atoms with Gasteiger partial charge in [-0.05, 0) is 37.1 Å². The van der Waals surface area contributed by atoms with Crippen LogP contribution in [0, 0.1) is 6.92 Å². The lowest BCUT2D eigenvalue weighted by molar-refractivity contribution is -0.116.